The molecule has 1 atom stereocenters. The van der Waals surface area contributed by atoms with Crippen LogP contribution in [0.3, 0.4) is 0 Å². The van der Waals surface area contributed by atoms with E-state index < -0.39 is 0 Å². The monoisotopic (exact) mass is 317 g/mol. The molecule has 0 spiro atoms. The van der Waals surface area contributed by atoms with Gasteiger partial charge in [0, 0.05) is 19.3 Å². The van der Waals surface area contributed by atoms with Crippen molar-refractivity contribution in [2.24, 2.45) is 0 Å². The zero-order valence-corrected chi connectivity index (χ0v) is 12.6. The van der Waals surface area contributed by atoms with Gasteiger partial charge in [0.05, 0.1) is 4.47 Å². The third-order valence-corrected chi connectivity index (χ3v) is 3.53. The van der Waals surface area contributed by atoms with Crippen molar-refractivity contribution in [3.8, 4) is 0 Å². The van der Waals surface area contributed by atoms with Gasteiger partial charge < -0.3 is 10.1 Å². The fraction of sp³-hybridized carbons (Fsp3) is 0.571. The lowest BCUT2D eigenvalue weighted by Gasteiger charge is -2.16. The Morgan fingerprint density at radius 3 is 2.83 bits per heavy atom. The second-order valence-electron chi connectivity index (χ2n) is 4.28. The molecule has 1 N–H and O–H groups in total. The second-order valence-corrected chi connectivity index (χ2v) is 5.13. The van der Waals surface area contributed by atoms with E-state index in [1.807, 2.05) is 26.1 Å². The number of halogens is 2. The van der Waals surface area contributed by atoms with E-state index in [9.17, 15) is 4.39 Å². The smallest absolute Gasteiger partial charge is 0.137 e. The van der Waals surface area contributed by atoms with E-state index in [2.05, 4.69) is 21.2 Å². The van der Waals surface area contributed by atoms with Crippen LogP contribution >= 0.6 is 15.9 Å². The minimum absolute atomic E-state index is 0.212. The van der Waals surface area contributed by atoms with Gasteiger partial charge in [0.2, 0.25) is 0 Å². The molecule has 0 bridgehead atoms. The summed E-state index contributed by atoms with van der Waals surface area (Å²) < 4.78 is 19.0. The average Bonchev–Trinajstić information content (AvgIpc) is 2.37. The number of nitrogens with one attached hydrogen (secondary N) is 1. The van der Waals surface area contributed by atoms with Crippen LogP contribution in [0, 0.1) is 5.82 Å². The molecule has 0 saturated carbocycles. The van der Waals surface area contributed by atoms with Crippen LogP contribution < -0.4 is 5.32 Å². The Bertz CT molecular complexity index is 360. The first kappa shape index (κ1) is 15.6. The molecule has 0 radical (unpaired) electrons. The summed E-state index contributed by atoms with van der Waals surface area (Å²) >= 11 is 3.22. The molecule has 1 aromatic carbocycles. The third-order valence-electron chi connectivity index (χ3n) is 2.92. The summed E-state index contributed by atoms with van der Waals surface area (Å²) in [6.45, 7) is 3.59. The maximum atomic E-state index is 13.1. The lowest BCUT2D eigenvalue weighted by Crippen LogP contribution is -2.27. The van der Waals surface area contributed by atoms with Gasteiger partial charge in [-0.3, -0.25) is 0 Å². The van der Waals surface area contributed by atoms with Gasteiger partial charge in [-0.15, -0.1) is 0 Å². The van der Waals surface area contributed by atoms with Gasteiger partial charge in [0.1, 0.15) is 5.82 Å². The number of likely N-dealkylation sites (N-methyl/N-ethyl adjacent to an activating group) is 1. The molecule has 0 aromatic heterocycles. The summed E-state index contributed by atoms with van der Waals surface area (Å²) in [7, 11) is 1.96. The lowest BCUT2D eigenvalue weighted by molar-refractivity contribution is 0.141. The molecule has 1 unspecified atom stereocenters. The van der Waals surface area contributed by atoms with E-state index in [1.54, 1.807) is 0 Å². The summed E-state index contributed by atoms with van der Waals surface area (Å²) in [5.41, 5.74) is 1.14. The topological polar surface area (TPSA) is 21.3 Å². The Balaban J connectivity index is 2.44. The summed E-state index contributed by atoms with van der Waals surface area (Å²) in [5.74, 6) is -0.212. The van der Waals surface area contributed by atoms with E-state index >= 15 is 0 Å². The first-order valence-corrected chi connectivity index (χ1v) is 7.15. The molecule has 1 aromatic rings. The Hall–Kier alpha value is -0.450. The number of ether oxygens (including phenoxy) is 1. The number of benzene rings is 1. The standard InChI is InChI=1S/C14H21BrFNO/c1-3-18-8-4-5-12(17-2)9-11-6-7-14(16)13(15)10-11/h6-7,10,12,17H,3-5,8-9H2,1-2H3. The van der Waals surface area contributed by atoms with Crippen LogP contribution in [0.5, 0.6) is 0 Å². The molecular formula is C14H21BrFNO. The Morgan fingerprint density at radius 2 is 2.22 bits per heavy atom. The van der Waals surface area contributed by atoms with Gasteiger partial charge in [-0.05, 0) is 66.9 Å². The fourth-order valence-electron chi connectivity index (χ4n) is 1.88. The maximum Gasteiger partial charge on any atom is 0.137 e. The van der Waals surface area contributed by atoms with E-state index in [0.717, 1.165) is 38.0 Å². The van der Waals surface area contributed by atoms with Crippen molar-refractivity contribution in [3.05, 3.63) is 34.1 Å². The molecule has 18 heavy (non-hydrogen) atoms. The molecule has 0 saturated heterocycles. The highest BCUT2D eigenvalue weighted by Crippen LogP contribution is 2.18. The second kappa shape index (κ2) is 8.62. The minimum Gasteiger partial charge on any atom is -0.382 e. The Kier molecular flexibility index (Phi) is 7.47. The quantitative estimate of drug-likeness (QED) is 0.740. The molecular weight excluding hydrogens is 297 g/mol. The predicted molar refractivity (Wildman–Crippen MR) is 76.4 cm³/mol. The molecule has 0 aliphatic carbocycles. The largest absolute Gasteiger partial charge is 0.382 e. The van der Waals surface area contributed by atoms with Gasteiger partial charge in [0.15, 0.2) is 0 Å². The number of rotatable bonds is 8. The van der Waals surface area contributed by atoms with Crippen LogP contribution in [0.25, 0.3) is 0 Å². The van der Waals surface area contributed by atoms with Crippen molar-refractivity contribution < 1.29 is 9.13 Å². The normalized spacial score (nSPS) is 12.7. The molecule has 2 nitrogen and oxygen atoms in total. The minimum atomic E-state index is -0.212. The van der Waals surface area contributed by atoms with Gasteiger partial charge in [-0.2, -0.15) is 0 Å². The summed E-state index contributed by atoms with van der Waals surface area (Å²) in [6.07, 6.45) is 3.01. The van der Waals surface area contributed by atoms with Gasteiger partial charge in [0.25, 0.3) is 0 Å². The summed E-state index contributed by atoms with van der Waals surface area (Å²) in [6, 6.07) is 5.60. The number of hydrogen-bond donors (Lipinski definition) is 1. The van der Waals surface area contributed by atoms with Crippen LogP contribution in [0.15, 0.2) is 22.7 Å². The SMILES string of the molecule is CCOCCCC(Cc1ccc(F)c(Br)c1)NC. The van der Waals surface area contributed by atoms with Crippen LogP contribution in [0.2, 0.25) is 0 Å². The van der Waals surface area contributed by atoms with E-state index in [4.69, 9.17) is 4.74 Å². The predicted octanol–water partition coefficient (Wildman–Crippen LogP) is 3.54. The first-order valence-electron chi connectivity index (χ1n) is 6.36. The van der Waals surface area contributed by atoms with Gasteiger partial charge in [-0.25, -0.2) is 4.39 Å². The molecule has 4 heteroatoms. The molecule has 0 heterocycles. The molecule has 102 valence electrons. The maximum absolute atomic E-state index is 13.1. The molecule has 1 rings (SSSR count). The highest BCUT2D eigenvalue weighted by Gasteiger charge is 2.08. The summed E-state index contributed by atoms with van der Waals surface area (Å²) in [5, 5.41) is 3.30. The summed E-state index contributed by atoms with van der Waals surface area (Å²) in [4.78, 5) is 0. The molecule has 0 fully saturated rings. The third kappa shape index (κ3) is 5.46. The zero-order valence-electron chi connectivity index (χ0n) is 11.0. The van der Waals surface area contributed by atoms with E-state index in [0.29, 0.717) is 10.5 Å². The van der Waals surface area contributed by atoms with Crippen LogP contribution in [-0.4, -0.2) is 26.3 Å². The lowest BCUT2D eigenvalue weighted by atomic mass is 10.0. The Morgan fingerprint density at radius 1 is 1.44 bits per heavy atom. The van der Waals surface area contributed by atoms with Crippen LogP contribution in [0.1, 0.15) is 25.3 Å². The van der Waals surface area contributed by atoms with Crippen molar-refractivity contribution >= 4 is 15.9 Å². The molecule has 0 aliphatic heterocycles. The fourth-order valence-corrected chi connectivity index (χ4v) is 2.30. The number of hydrogen-bond acceptors (Lipinski definition) is 2. The highest BCUT2D eigenvalue weighted by molar-refractivity contribution is 9.10. The van der Waals surface area contributed by atoms with Crippen molar-refractivity contribution in [1.82, 2.24) is 5.32 Å². The van der Waals surface area contributed by atoms with Crippen molar-refractivity contribution in [2.75, 3.05) is 20.3 Å². The van der Waals surface area contributed by atoms with Crippen molar-refractivity contribution in [1.29, 1.82) is 0 Å². The Labute approximate surface area is 117 Å². The van der Waals surface area contributed by atoms with E-state index in [-0.39, 0.29) is 5.82 Å². The molecule has 0 aliphatic rings. The van der Waals surface area contributed by atoms with Crippen LogP contribution in [-0.2, 0) is 11.2 Å². The van der Waals surface area contributed by atoms with Crippen molar-refractivity contribution in [2.45, 2.75) is 32.2 Å². The van der Waals surface area contributed by atoms with Gasteiger partial charge in [-0.1, -0.05) is 6.07 Å². The first-order chi connectivity index (χ1) is 8.67. The van der Waals surface area contributed by atoms with Crippen molar-refractivity contribution in [3.63, 3.8) is 0 Å². The molecule has 0 amide bonds. The zero-order chi connectivity index (χ0) is 13.4. The van der Waals surface area contributed by atoms with E-state index in [1.165, 1.54) is 6.07 Å². The average molecular weight is 318 g/mol. The van der Waals surface area contributed by atoms with Gasteiger partial charge >= 0.3 is 0 Å². The van der Waals surface area contributed by atoms with Crippen LogP contribution in [0.4, 0.5) is 4.39 Å². The highest BCUT2D eigenvalue weighted by atomic mass is 79.9.